The van der Waals surface area contributed by atoms with Crippen molar-refractivity contribution in [2.24, 2.45) is 0 Å². The molecule has 2 heterocycles. The number of hydrogen-bond acceptors (Lipinski definition) is 6. The second-order valence-electron chi connectivity index (χ2n) is 5.89. The minimum absolute atomic E-state index is 0.212. The molecule has 1 aromatic rings. The number of hydrogen-bond donors (Lipinski definition) is 2. The predicted molar refractivity (Wildman–Crippen MR) is 82.0 cm³/mol. The second-order valence-corrected chi connectivity index (χ2v) is 5.89. The van der Waals surface area contributed by atoms with Gasteiger partial charge >= 0.3 is 0 Å². The monoisotopic (exact) mass is 308 g/mol. The quantitative estimate of drug-likeness (QED) is 0.801. The van der Waals surface area contributed by atoms with Crippen molar-refractivity contribution in [2.45, 2.75) is 13.1 Å². The van der Waals surface area contributed by atoms with Crippen molar-refractivity contribution in [3.05, 3.63) is 23.3 Å². The molecule has 2 saturated heterocycles. The van der Waals surface area contributed by atoms with Crippen LogP contribution in [0.3, 0.4) is 0 Å². The number of aromatic hydroxyl groups is 2. The Balaban J connectivity index is 1.72. The Morgan fingerprint density at radius 2 is 1.18 bits per heavy atom. The molecule has 2 fully saturated rings. The number of ether oxygens (including phenoxy) is 2. The Morgan fingerprint density at radius 3 is 1.59 bits per heavy atom. The van der Waals surface area contributed by atoms with Gasteiger partial charge in [0.15, 0.2) is 0 Å². The maximum absolute atomic E-state index is 10.5. The minimum Gasteiger partial charge on any atom is -0.508 e. The third kappa shape index (κ3) is 3.89. The van der Waals surface area contributed by atoms with Crippen LogP contribution in [0.25, 0.3) is 0 Å². The fourth-order valence-corrected chi connectivity index (χ4v) is 2.98. The molecular weight excluding hydrogens is 284 g/mol. The van der Waals surface area contributed by atoms with Gasteiger partial charge in [-0.1, -0.05) is 0 Å². The molecule has 2 aliphatic heterocycles. The van der Waals surface area contributed by atoms with Gasteiger partial charge in [-0.15, -0.1) is 0 Å². The van der Waals surface area contributed by atoms with Gasteiger partial charge in [-0.3, -0.25) is 9.80 Å². The summed E-state index contributed by atoms with van der Waals surface area (Å²) in [5.41, 5.74) is 1.57. The zero-order valence-corrected chi connectivity index (χ0v) is 12.8. The molecule has 6 heteroatoms. The Labute approximate surface area is 130 Å². The molecule has 0 aromatic heterocycles. The average molecular weight is 308 g/mol. The molecule has 0 radical (unpaired) electrons. The van der Waals surface area contributed by atoms with E-state index < -0.39 is 0 Å². The van der Waals surface area contributed by atoms with E-state index in [1.54, 1.807) is 12.1 Å². The van der Waals surface area contributed by atoms with E-state index in [1.807, 2.05) is 0 Å². The van der Waals surface area contributed by atoms with Crippen LogP contribution < -0.4 is 0 Å². The Morgan fingerprint density at radius 1 is 0.773 bits per heavy atom. The van der Waals surface area contributed by atoms with Crippen molar-refractivity contribution in [1.82, 2.24) is 9.80 Å². The molecule has 0 saturated carbocycles. The summed E-state index contributed by atoms with van der Waals surface area (Å²) in [6.45, 7) is 7.59. The van der Waals surface area contributed by atoms with Crippen molar-refractivity contribution in [3.63, 3.8) is 0 Å². The van der Waals surface area contributed by atoms with E-state index >= 15 is 0 Å². The van der Waals surface area contributed by atoms with E-state index in [0.29, 0.717) is 18.8 Å². The standard InChI is InChI=1S/C16H24N2O4/c19-15-9-13(11-17-1-5-21-6-2-17)16(20)14(10-15)12-18-3-7-22-8-4-18/h9-10,19-20H,1-8,11-12H2. The lowest BCUT2D eigenvalue weighted by molar-refractivity contribution is 0.0327. The summed E-state index contributed by atoms with van der Waals surface area (Å²) < 4.78 is 10.7. The molecule has 2 aliphatic rings. The number of benzene rings is 1. The molecule has 0 aliphatic carbocycles. The Hall–Kier alpha value is -1.34. The maximum atomic E-state index is 10.5. The van der Waals surface area contributed by atoms with Crippen molar-refractivity contribution in [1.29, 1.82) is 0 Å². The SMILES string of the molecule is Oc1cc(CN2CCOCC2)c(O)c(CN2CCOCC2)c1. The summed E-state index contributed by atoms with van der Waals surface area (Å²) in [6.07, 6.45) is 0. The molecule has 0 bridgehead atoms. The summed E-state index contributed by atoms with van der Waals surface area (Å²) in [4.78, 5) is 4.47. The molecule has 0 spiro atoms. The van der Waals surface area contributed by atoms with Gasteiger partial charge in [0, 0.05) is 50.4 Å². The van der Waals surface area contributed by atoms with Gasteiger partial charge in [-0.05, 0) is 12.1 Å². The minimum atomic E-state index is 0.212. The molecule has 22 heavy (non-hydrogen) atoms. The lowest BCUT2D eigenvalue weighted by Crippen LogP contribution is -2.36. The predicted octanol–water partition coefficient (Wildman–Crippen LogP) is 0.762. The van der Waals surface area contributed by atoms with E-state index in [-0.39, 0.29) is 5.75 Å². The number of nitrogens with zero attached hydrogens (tertiary/aromatic N) is 2. The van der Waals surface area contributed by atoms with Crippen LogP contribution in [0.1, 0.15) is 11.1 Å². The summed E-state index contributed by atoms with van der Waals surface area (Å²) >= 11 is 0. The van der Waals surface area contributed by atoms with Gasteiger partial charge in [0.05, 0.1) is 26.4 Å². The van der Waals surface area contributed by atoms with E-state index in [2.05, 4.69) is 9.80 Å². The van der Waals surface area contributed by atoms with Crippen LogP contribution in [0.5, 0.6) is 11.5 Å². The lowest BCUT2D eigenvalue weighted by atomic mass is 10.1. The number of phenols is 2. The summed E-state index contributed by atoms with van der Waals surface area (Å²) in [7, 11) is 0. The van der Waals surface area contributed by atoms with Crippen molar-refractivity contribution < 1.29 is 19.7 Å². The second kappa shape index (κ2) is 7.28. The van der Waals surface area contributed by atoms with Gasteiger partial charge in [0.1, 0.15) is 11.5 Å². The van der Waals surface area contributed by atoms with E-state index in [9.17, 15) is 10.2 Å². The highest BCUT2D eigenvalue weighted by atomic mass is 16.5. The van der Waals surface area contributed by atoms with Crippen molar-refractivity contribution in [2.75, 3.05) is 52.6 Å². The molecule has 6 nitrogen and oxygen atoms in total. The van der Waals surface area contributed by atoms with Crippen LogP contribution >= 0.6 is 0 Å². The Kier molecular flexibility index (Phi) is 5.15. The van der Waals surface area contributed by atoms with Gasteiger partial charge in [0.2, 0.25) is 0 Å². The first-order chi connectivity index (χ1) is 10.7. The average Bonchev–Trinajstić information content (AvgIpc) is 2.54. The molecular formula is C16H24N2O4. The first-order valence-corrected chi connectivity index (χ1v) is 7.86. The molecule has 3 rings (SSSR count). The third-order valence-electron chi connectivity index (χ3n) is 4.25. The fraction of sp³-hybridized carbons (Fsp3) is 0.625. The maximum Gasteiger partial charge on any atom is 0.124 e. The number of phenolic OH excluding ortho intramolecular Hbond substituents is 2. The highest BCUT2D eigenvalue weighted by molar-refractivity contribution is 5.46. The number of rotatable bonds is 4. The first-order valence-electron chi connectivity index (χ1n) is 7.86. The van der Waals surface area contributed by atoms with Crippen molar-refractivity contribution in [3.8, 4) is 11.5 Å². The van der Waals surface area contributed by atoms with Gasteiger partial charge in [0.25, 0.3) is 0 Å². The fourth-order valence-electron chi connectivity index (χ4n) is 2.98. The molecule has 0 atom stereocenters. The van der Waals surface area contributed by atoms with E-state index in [4.69, 9.17) is 9.47 Å². The van der Waals surface area contributed by atoms with Crippen LogP contribution in [0, 0.1) is 0 Å². The molecule has 0 amide bonds. The summed E-state index contributed by atoms with van der Waals surface area (Å²) in [5.74, 6) is 0.514. The normalized spacial score (nSPS) is 21.1. The van der Waals surface area contributed by atoms with Crippen LogP contribution in [0.4, 0.5) is 0 Å². The lowest BCUT2D eigenvalue weighted by Gasteiger charge is -2.29. The molecule has 2 N–H and O–H groups in total. The smallest absolute Gasteiger partial charge is 0.124 e. The highest BCUT2D eigenvalue weighted by Crippen LogP contribution is 2.30. The largest absolute Gasteiger partial charge is 0.508 e. The molecule has 122 valence electrons. The van der Waals surface area contributed by atoms with Crippen molar-refractivity contribution >= 4 is 0 Å². The van der Waals surface area contributed by atoms with E-state index in [1.165, 1.54) is 0 Å². The topological polar surface area (TPSA) is 65.4 Å². The van der Waals surface area contributed by atoms with Gasteiger partial charge in [-0.25, -0.2) is 0 Å². The zero-order chi connectivity index (χ0) is 15.4. The van der Waals surface area contributed by atoms with Crippen LogP contribution in [0.15, 0.2) is 12.1 Å². The van der Waals surface area contributed by atoms with Crippen LogP contribution in [0.2, 0.25) is 0 Å². The molecule has 0 unspecified atom stereocenters. The van der Waals surface area contributed by atoms with Gasteiger partial charge < -0.3 is 19.7 Å². The first kappa shape index (κ1) is 15.6. The van der Waals surface area contributed by atoms with Crippen LogP contribution in [-0.4, -0.2) is 72.6 Å². The van der Waals surface area contributed by atoms with E-state index in [0.717, 1.165) is 63.7 Å². The van der Waals surface area contributed by atoms with Crippen LogP contribution in [-0.2, 0) is 22.6 Å². The third-order valence-corrected chi connectivity index (χ3v) is 4.25. The van der Waals surface area contributed by atoms with Gasteiger partial charge in [-0.2, -0.15) is 0 Å². The highest BCUT2D eigenvalue weighted by Gasteiger charge is 2.18. The molecule has 1 aromatic carbocycles. The summed E-state index contributed by atoms with van der Waals surface area (Å²) in [5, 5.41) is 20.5. The zero-order valence-electron chi connectivity index (χ0n) is 12.8. The Bertz CT molecular complexity index is 456. The number of morpholine rings is 2. The summed E-state index contributed by atoms with van der Waals surface area (Å²) in [6, 6.07) is 3.32.